The van der Waals surface area contributed by atoms with Gasteiger partial charge in [-0.3, -0.25) is 10.1 Å². The Balaban J connectivity index is 1.79. The van der Waals surface area contributed by atoms with Crippen LogP contribution in [0.4, 0.5) is 10.5 Å². The van der Waals surface area contributed by atoms with Gasteiger partial charge in [0.15, 0.2) is 0 Å². The summed E-state index contributed by atoms with van der Waals surface area (Å²) in [6.07, 6.45) is 7.93. The van der Waals surface area contributed by atoms with E-state index in [0.29, 0.717) is 11.3 Å². The third-order valence-electron chi connectivity index (χ3n) is 4.63. The number of thiophene rings is 1. The quantitative estimate of drug-likeness (QED) is 0.805. The number of hydrogen-bond donors (Lipinski definition) is 1. The van der Waals surface area contributed by atoms with Crippen LogP contribution in [0.2, 0.25) is 0 Å². The van der Waals surface area contributed by atoms with E-state index in [0.717, 1.165) is 32.2 Å². The van der Waals surface area contributed by atoms with Crippen LogP contribution in [0.15, 0.2) is 47.9 Å². The predicted octanol–water partition coefficient (Wildman–Crippen LogP) is 5.02. The fraction of sp³-hybridized carbons (Fsp3) is 0.333. The van der Waals surface area contributed by atoms with Crippen LogP contribution in [0.1, 0.15) is 40.9 Å². The van der Waals surface area contributed by atoms with Crippen molar-refractivity contribution >= 4 is 35.1 Å². The van der Waals surface area contributed by atoms with E-state index in [-0.39, 0.29) is 11.9 Å². The van der Waals surface area contributed by atoms with Crippen molar-refractivity contribution in [3.8, 4) is 0 Å². The van der Waals surface area contributed by atoms with Crippen LogP contribution in [0, 0.1) is 0 Å². The van der Waals surface area contributed by atoms with Crippen LogP contribution in [-0.2, 0) is 4.74 Å². The first-order valence-electron chi connectivity index (χ1n) is 9.15. The molecule has 5 nitrogen and oxygen atoms in total. The average molecular weight is 385 g/mol. The highest BCUT2D eigenvalue weighted by Crippen LogP contribution is 2.23. The van der Waals surface area contributed by atoms with Gasteiger partial charge in [-0.25, -0.2) is 4.79 Å². The summed E-state index contributed by atoms with van der Waals surface area (Å²) in [5.41, 5.74) is 1.12. The van der Waals surface area contributed by atoms with Crippen LogP contribution in [0.5, 0.6) is 0 Å². The molecular weight excluding hydrogens is 360 g/mol. The van der Waals surface area contributed by atoms with Gasteiger partial charge in [-0.05, 0) is 48.6 Å². The Morgan fingerprint density at radius 1 is 1.22 bits per heavy atom. The molecule has 2 aromatic rings. The maximum atomic E-state index is 13.2. The molecule has 1 N–H and O–H groups in total. The zero-order valence-electron chi connectivity index (χ0n) is 15.4. The minimum atomic E-state index is -0.550. The van der Waals surface area contributed by atoms with Crippen LogP contribution in [-0.4, -0.2) is 36.6 Å². The average Bonchev–Trinajstić information content (AvgIpc) is 3.10. The van der Waals surface area contributed by atoms with E-state index in [1.54, 1.807) is 35.6 Å². The zero-order chi connectivity index (χ0) is 19.1. The van der Waals surface area contributed by atoms with E-state index in [9.17, 15) is 9.59 Å². The van der Waals surface area contributed by atoms with Crippen LogP contribution < -0.4 is 5.32 Å². The van der Waals surface area contributed by atoms with E-state index in [1.807, 2.05) is 11.0 Å². The number of ether oxygens (including phenoxy) is 1. The molecule has 0 radical (unpaired) electrons. The lowest BCUT2D eigenvalue weighted by atomic mass is 10.1. The molecule has 1 aromatic carbocycles. The van der Waals surface area contributed by atoms with Crippen LogP contribution in [0.25, 0.3) is 6.08 Å². The first-order valence-corrected chi connectivity index (χ1v) is 10.0. The summed E-state index contributed by atoms with van der Waals surface area (Å²) in [6.45, 7) is 0.743. The second-order valence-electron chi connectivity index (χ2n) is 6.49. The van der Waals surface area contributed by atoms with E-state index in [2.05, 4.69) is 33.7 Å². The third kappa shape index (κ3) is 5.20. The molecule has 0 spiro atoms. The van der Waals surface area contributed by atoms with Gasteiger partial charge in [0.25, 0.3) is 5.91 Å². The van der Waals surface area contributed by atoms with Gasteiger partial charge in [0, 0.05) is 22.7 Å². The van der Waals surface area contributed by atoms with Crippen molar-refractivity contribution in [2.24, 2.45) is 0 Å². The molecule has 6 heteroatoms. The molecule has 142 valence electrons. The summed E-state index contributed by atoms with van der Waals surface area (Å²) in [6, 6.07) is 11.2. The fourth-order valence-corrected chi connectivity index (χ4v) is 3.87. The summed E-state index contributed by atoms with van der Waals surface area (Å²) in [5, 5.41) is 4.66. The van der Waals surface area contributed by atoms with Crippen molar-refractivity contribution < 1.29 is 14.3 Å². The number of carbonyl (C=O) groups excluding carboxylic acids is 2. The first-order chi connectivity index (χ1) is 13.2. The standard InChI is InChI=1S/C21H24N2O3S/c1-26-21(25)22-17-8-5-7-16(15-17)20(24)23-13-4-2-3-9-18(23)11-12-19-10-6-14-27-19/h5-8,10-12,14-15,18H,2-4,9,13H2,1H3,(H,22,25)/b12-11+. The van der Waals surface area contributed by atoms with Gasteiger partial charge < -0.3 is 9.64 Å². The number of methoxy groups -OCH3 is 1. The molecule has 1 aliphatic rings. The second kappa shape index (κ2) is 9.37. The number of anilines is 1. The highest BCUT2D eigenvalue weighted by atomic mass is 32.1. The number of benzene rings is 1. The van der Waals surface area contributed by atoms with E-state index >= 15 is 0 Å². The first kappa shape index (κ1) is 19.2. The maximum Gasteiger partial charge on any atom is 0.411 e. The summed E-state index contributed by atoms with van der Waals surface area (Å²) in [5.74, 6) is -0.00811. The smallest absolute Gasteiger partial charge is 0.411 e. The third-order valence-corrected chi connectivity index (χ3v) is 5.46. The lowest BCUT2D eigenvalue weighted by Crippen LogP contribution is -2.39. The lowest BCUT2D eigenvalue weighted by molar-refractivity contribution is 0.0718. The van der Waals surface area contributed by atoms with E-state index in [4.69, 9.17) is 0 Å². The Kier molecular flexibility index (Phi) is 6.65. The maximum absolute atomic E-state index is 13.2. The Bertz CT molecular complexity index is 802. The fourth-order valence-electron chi connectivity index (χ4n) is 3.24. The molecule has 1 saturated heterocycles. The minimum Gasteiger partial charge on any atom is -0.453 e. The molecular formula is C21H24N2O3S. The zero-order valence-corrected chi connectivity index (χ0v) is 16.2. The second-order valence-corrected chi connectivity index (χ2v) is 7.47. The molecule has 0 bridgehead atoms. The number of rotatable bonds is 4. The van der Waals surface area contributed by atoms with Gasteiger partial charge in [0.2, 0.25) is 0 Å². The molecule has 1 unspecified atom stereocenters. The monoisotopic (exact) mass is 384 g/mol. The molecule has 2 heterocycles. The molecule has 27 heavy (non-hydrogen) atoms. The topological polar surface area (TPSA) is 58.6 Å². The van der Waals surface area contributed by atoms with E-state index < -0.39 is 6.09 Å². The molecule has 1 aliphatic heterocycles. The Hall–Kier alpha value is -2.60. The molecule has 0 aliphatic carbocycles. The summed E-state index contributed by atoms with van der Waals surface area (Å²) in [7, 11) is 1.31. The van der Waals surface area contributed by atoms with Crippen molar-refractivity contribution in [1.82, 2.24) is 4.90 Å². The summed E-state index contributed by atoms with van der Waals surface area (Å²) < 4.78 is 4.62. The minimum absolute atomic E-state index is 0.00811. The van der Waals surface area contributed by atoms with Crippen molar-refractivity contribution in [2.75, 3.05) is 19.0 Å². The SMILES string of the molecule is COC(=O)Nc1cccc(C(=O)N2CCCCCC2/C=C/c2cccs2)c1. The molecule has 1 fully saturated rings. The Morgan fingerprint density at radius 2 is 2.11 bits per heavy atom. The van der Waals surface area contributed by atoms with Gasteiger partial charge in [-0.15, -0.1) is 11.3 Å². The molecule has 1 aromatic heterocycles. The number of hydrogen-bond acceptors (Lipinski definition) is 4. The van der Waals surface area contributed by atoms with Gasteiger partial charge in [0.1, 0.15) is 0 Å². The number of nitrogens with zero attached hydrogens (tertiary/aromatic N) is 1. The number of likely N-dealkylation sites (tertiary alicyclic amines) is 1. The van der Waals surface area contributed by atoms with Crippen molar-refractivity contribution in [3.05, 3.63) is 58.3 Å². The van der Waals surface area contributed by atoms with Gasteiger partial charge in [0.05, 0.1) is 13.2 Å². The lowest BCUT2D eigenvalue weighted by Gasteiger charge is -2.28. The highest BCUT2D eigenvalue weighted by Gasteiger charge is 2.24. The van der Waals surface area contributed by atoms with Crippen molar-refractivity contribution in [1.29, 1.82) is 0 Å². The van der Waals surface area contributed by atoms with Crippen molar-refractivity contribution in [3.63, 3.8) is 0 Å². The normalized spacial score (nSPS) is 17.5. The Morgan fingerprint density at radius 3 is 2.89 bits per heavy atom. The van der Waals surface area contributed by atoms with Crippen LogP contribution >= 0.6 is 11.3 Å². The summed E-state index contributed by atoms with van der Waals surface area (Å²) >= 11 is 1.69. The molecule has 3 rings (SSSR count). The summed E-state index contributed by atoms with van der Waals surface area (Å²) in [4.78, 5) is 27.7. The largest absolute Gasteiger partial charge is 0.453 e. The predicted molar refractivity (Wildman–Crippen MR) is 109 cm³/mol. The van der Waals surface area contributed by atoms with Crippen LogP contribution in [0.3, 0.4) is 0 Å². The van der Waals surface area contributed by atoms with Gasteiger partial charge >= 0.3 is 6.09 Å². The number of carbonyl (C=O) groups is 2. The molecule has 2 amide bonds. The van der Waals surface area contributed by atoms with E-state index in [1.165, 1.54) is 12.0 Å². The highest BCUT2D eigenvalue weighted by molar-refractivity contribution is 7.10. The van der Waals surface area contributed by atoms with Gasteiger partial charge in [-0.1, -0.05) is 31.1 Å². The van der Waals surface area contributed by atoms with Crippen molar-refractivity contribution in [2.45, 2.75) is 31.7 Å². The Labute approximate surface area is 163 Å². The molecule has 1 atom stereocenters. The number of amides is 2. The van der Waals surface area contributed by atoms with Gasteiger partial charge in [-0.2, -0.15) is 0 Å². The molecule has 0 saturated carbocycles. The number of nitrogens with one attached hydrogen (secondary N) is 1.